The fourth-order valence-electron chi connectivity index (χ4n) is 2.48. The van der Waals surface area contributed by atoms with Gasteiger partial charge in [-0.3, -0.25) is 0 Å². The molecule has 2 saturated carbocycles. The third-order valence-corrected chi connectivity index (χ3v) is 3.97. The van der Waals surface area contributed by atoms with Crippen molar-refractivity contribution in [2.75, 3.05) is 0 Å². The van der Waals surface area contributed by atoms with E-state index < -0.39 is 0 Å². The van der Waals surface area contributed by atoms with Gasteiger partial charge >= 0.3 is 0 Å². The van der Waals surface area contributed by atoms with E-state index in [1.54, 1.807) is 0 Å². The minimum absolute atomic E-state index is 0.0672. The van der Waals surface area contributed by atoms with Gasteiger partial charge in [-0.2, -0.15) is 0 Å². The molecule has 2 aliphatic rings. The van der Waals surface area contributed by atoms with Gasteiger partial charge in [0.25, 0.3) is 0 Å². The van der Waals surface area contributed by atoms with Crippen LogP contribution in [0.4, 0.5) is 0 Å². The van der Waals surface area contributed by atoms with Crippen molar-refractivity contribution in [3.8, 4) is 0 Å². The van der Waals surface area contributed by atoms with Crippen molar-refractivity contribution < 1.29 is 10.2 Å². The SMILES string of the molecule is O[C@@H]1C[C@H]1c1ccccc1.O[C@H]1C[C@@H]1c1ccccc1. The third kappa shape index (κ3) is 3.27. The smallest absolute Gasteiger partial charge is 0.0616 e. The van der Waals surface area contributed by atoms with E-state index in [4.69, 9.17) is 10.2 Å². The molecule has 0 unspecified atom stereocenters. The maximum Gasteiger partial charge on any atom is 0.0616 e. The maximum atomic E-state index is 9.08. The zero-order valence-corrected chi connectivity index (χ0v) is 11.4. The van der Waals surface area contributed by atoms with Gasteiger partial charge in [0.2, 0.25) is 0 Å². The average molecular weight is 268 g/mol. The van der Waals surface area contributed by atoms with Gasteiger partial charge in [-0.1, -0.05) is 60.7 Å². The van der Waals surface area contributed by atoms with Gasteiger partial charge < -0.3 is 10.2 Å². The van der Waals surface area contributed by atoms with Gasteiger partial charge in [0.15, 0.2) is 0 Å². The molecule has 2 aromatic rings. The second kappa shape index (κ2) is 5.78. The fourth-order valence-corrected chi connectivity index (χ4v) is 2.48. The Hall–Kier alpha value is -1.64. The highest BCUT2D eigenvalue weighted by Gasteiger charge is 2.36. The van der Waals surface area contributed by atoms with E-state index in [9.17, 15) is 0 Å². The van der Waals surface area contributed by atoms with Gasteiger partial charge in [-0.05, 0) is 24.0 Å². The van der Waals surface area contributed by atoms with Crippen LogP contribution < -0.4 is 0 Å². The zero-order chi connectivity index (χ0) is 13.9. The molecule has 20 heavy (non-hydrogen) atoms. The Labute approximate surface area is 119 Å². The third-order valence-electron chi connectivity index (χ3n) is 3.97. The van der Waals surface area contributed by atoms with E-state index in [1.165, 1.54) is 11.1 Å². The summed E-state index contributed by atoms with van der Waals surface area (Å²) in [6, 6.07) is 20.3. The molecule has 104 valence electrons. The minimum Gasteiger partial charge on any atom is -0.392 e. The number of hydrogen-bond donors (Lipinski definition) is 2. The first-order chi connectivity index (χ1) is 9.75. The van der Waals surface area contributed by atoms with Gasteiger partial charge in [-0.15, -0.1) is 0 Å². The summed E-state index contributed by atoms with van der Waals surface area (Å²) >= 11 is 0. The van der Waals surface area contributed by atoms with Gasteiger partial charge in [-0.25, -0.2) is 0 Å². The Morgan fingerprint density at radius 3 is 1.15 bits per heavy atom. The topological polar surface area (TPSA) is 40.5 Å². The maximum absolute atomic E-state index is 9.08. The van der Waals surface area contributed by atoms with E-state index in [0.29, 0.717) is 11.8 Å². The van der Waals surface area contributed by atoms with Crippen molar-refractivity contribution in [3.05, 3.63) is 71.8 Å². The molecule has 4 rings (SSSR count). The standard InChI is InChI=1S/2C9H10O/c2*10-9-6-8(9)7-4-2-1-3-5-7/h2*1-5,8-10H,6H2/t2*8-,9+/m10/s1. The molecule has 0 bridgehead atoms. The van der Waals surface area contributed by atoms with Gasteiger partial charge in [0.05, 0.1) is 12.2 Å². The Bertz CT molecular complexity index is 486. The first kappa shape index (κ1) is 13.3. The summed E-state index contributed by atoms with van der Waals surface area (Å²) in [6.45, 7) is 0. The van der Waals surface area contributed by atoms with E-state index in [0.717, 1.165) is 12.8 Å². The van der Waals surface area contributed by atoms with Crippen molar-refractivity contribution in [3.63, 3.8) is 0 Å². The van der Waals surface area contributed by atoms with Crippen LogP contribution in [0, 0.1) is 0 Å². The average Bonchev–Trinajstić information content (AvgIpc) is 3.40. The Balaban J connectivity index is 0.000000121. The number of aliphatic hydroxyl groups is 2. The lowest BCUT2D eigenvalue weighted by Crippen LogP contribution is -1.83. The monoisotopic (exact) mass is 268 g/mol. The minimum atomic E-state index is -0.0672. The van der Waals surface area contributed by atoms with Gasteiger partial charge in [0, 0.05) is 11.8 Å². The normalized spacial score (nSPS) is 30.1. The number of benzene rings is 2. The lowest BCUT2D eigenvalue weighted by Gasteiger charge is -1.93. The molecule has 0 aromatic heterocycles. The highest BCUT2D eigenvalue weighted by Crippen LogP contribution is 2.40. The van der Waals surface area contributed by atoms with E-state index in [1.807, 2.05) is 36.4 Å². The van der Waals surface area contributed by atoms with Crippen molar-refractivity contribution in [2.45, 2.75) is 36.9 Å². The van der Waals surface area contributed by atoms with Crippen molar-refractivity contribution >= 4 is 0 Å². The number of hydrogen-bond acceptors (Lipinski definition) is 2. The van der Waals surface area contributed by atoms with Crippen LogP contribution in [0.1, 0.15) is 35.8 Å². The predicted molar refractivity (Wildman–Crippen MR) is 79.6 cm³/mol. The van der Waals surface area contributed by atoms with Crippen LogP contribution in [-0.2, 0) is 0 Å². The van der Waals surface area contributed by atoms with Gasteiger partial charge in [0.1, 0.15) is 0 Å². The lowest BCUT2D eigenvalue weighted by molar-refractivity contribution is 0.271. The molecule has 0 heterocycles. The molecule has 0 saturated heterocycles. The van der Waals surface area contributed by atoms with Crippen LogP contribution in [0.3, 0.4) is 0 Å². The molecular weight excluding hydrogens is 248 g/mol. The largest absolute Gasteiger partial charge is 0.392 e. The van der Waals surface area contributed by atoms with Crippen molar-refractivity contribution in [1.29, 1.82) is 0 Å². The van der Waals surface area contributed by atoms with Crippen LogP contribution in [0.2, 0.25) is 0 Å². The molecule has 2 nitrogen and oxygen atoms in total. The molecule has 0 amide bonds. The highest BCUT2D eigenvalue weighted by atomic mass is 16.3. The highest BCUT2D eigenvalue weighted by molar-refractivity contribution is 5.26. The second-order valence-electron chi connectivity index (χ2n) is 5.64. The molecule has 2 aromatic carbocycles. The molecule has 2 N–H and O–H groups in total. The lowest BCUT2D eigenvalue weighted by atomic mass is 10.1. The van der Waals surface area contributed by atoms with E-state index in [-0.39, 0.29) is 12.2 Å². The van der Waals surface area contributed by atoms with Crippen molar-refractivity contribution in [2.24, 2.45) is 0 Å². The molecule has 4 atom stereocenters. The van der Waals surface area contributed by atoms with Crippen LogP contribution in [0.5, 0.6) is 0 Å². The summed E-state index contributed by atoms with van der Waals surface area (Å²) in [6.07, 6.45) is 1.76. The molecule has 2 heteroatoms. The molecule has 2 fully saturated rings. The van der Waals surface area contributed by atoms with E-state index >= 15 is 0 Å². The number of aliphatic hydroxyl groups excluding tert-OH is 2. The number of rotatable bonds is 2. The fraction of sp³-hybridized carbons (Fsp3) is 0.333. The second-order valence-corrected chi connectivity index (χ2v) is 5.64. The molecular formula is C18H20O2. The van der Waals surface area contributed by atoms with Crippen LogP contribution in [0.15, 0.2) is 60.7 Å². The van der Waals surface area contributed by atoms with Crippen LogP contribution in [0.25, 0.3) is 0 Å². The summed E-state index contributed by atoms with van der Waals surface area (Å²) < 4.78 is 0. The molecule has 2 aliphatic carbocycles. The van der Waals surface area contributed by atoms with Crippen LogP contribution in [-0.4, -0.2) is 22.4 Å². The van der Waals surface area contributed by atoms with Crippen LogP contribution >= 0.6 is 0 Å². The Morgan fingerprint density at radius 1 is 0.600 bits per heavy atom. The Morgan fingerprint density at radius 2 is 0.900 bits per heavy atom. The molecule has 0 radical (unpaired) electrons. The Kier molecular flexibility index (Phi) is 3.86. The predicted octanol–water partition coefficient (Wildman–Crippen LogP) is 3.07. The van der Waals surface area contributed by atoms with E-state index in [2.05, 4.69) is 24.3 Å². The first-order valence-corrected chi connectivity index (χ1v) is 7.21. The molecule has 0 spiro atoms. The summed E-state index contributed by atoms with van der Waals surface area (Å²) in [7, 11) is 0. The molecule has 0 aliphatic heterocycles. The zero-order valence-electron chi connectivity index (χ0n) is 11.4. The van der Waals surface area contributed by atoms with Crippen molar-refractivity contribution in [1.82, 2.24) is 0 Å². The summed E-state index contributed by atoms with van der Waals surface area (Å²) in [5, 5.41) is 18.2. The summed E-state index contributed by atoms with van der Waals surface area (Å²) in [5.74, 6) is 0.863. The first-order valence-electron chi connectivity index (χ1n) is 7.21. The quantitative estimate of drug-likeness (QED) is 0.878. The summed E-state index contributed by atoms with van der Waals surface area (Å²) in [4.78, 5) is 0. The summed E-state index contributed by atoms with van der Waals surface area (Å²) in [5.41, 5.74) is 2.55.